The van der Waals surface area contributed by atoms with Crippen molar-refractivity contribution in [3.8, 4) is 0 Å². The first-order valence-corrected chi connectivity index (χ1v) is 23.7. The Bertz CT molecular complexity index is 1980. The number of ether oxygens (including phenoxy) is 5. The average Bonchev–Trinajstić information content (AvgIpc) is 3.25. The molecular formula is C45H55B2N3O8PSi. The van der Waals surface area contributed by atoms with Gasteiger partial charge in [-0.3, -0.25) is 0 Å². The summed E-state index contributed by atoms with van der Waals surface area (Å²) in [7, 11) is -2.18. The van der Waals surface area contributed by atoms with Crippen molar-refractivity contribution in [2.45, 2.75) is 102 Å². The number of carbonyl (C=O) groups is 1. The zero-order chi connectivity index (χ0) is 42.7. The molecule has 1 radical (unpaired) electrons. The molecule has 0 amide bonds. The van der Waals surface area contributed by atoms with E-state index in [1.54, 1.807) is 31.2 Å². The van der Waals surface area contributed by atoms with Gasteiger partial charge in [-0.1, -0.05) is 48.5 Å². The maximum atomic E-state index is 13.4. The molecule has 15 heteroatoms. The van der Waals surface area contributed by atoms with Gasteiger partial charge in [-0.25, -0.2) is 0 Å². The zero-order valence-electron chi connectivity index (χ0n) is 35.2. The quantitative estimate of drug-likeness (QED) is 0.0266. The second kappa shape index (κ2) is 21.2. The van der Waals surface area contributed by atoms with Crippen molar-refractivity contribution in [1.29, 1.82) is 0 Å². The molecule has 5 unspecified atom stereocenters. The summed E-state index contributed by atoms with van der Waals surface area (Å²) in [5.74, 6) is -1.07. The van der Waals surface area contributed by atoms with Crippen LogP contribution >= 0.6 is 8.46 Å². The second-order valence-corrected chi connectivity index (χ2v) is 22.3. The summed E-state index contributed by atoms with van der Waals surface area (Å²) in [6.07, 6.45) is -4.09. The average molecular weight is 847 g/mol. The molecule has 2 saturated heterocycles. The summed E-state index contributed by atoms with van der Waals surface area (Å²) in [5, 5.41) is 6.27. The molecule has 11 nitrogen and oxygen atoms in total. The molecular weight excluding hydrogens is 791 g/mol. The normalized spacial score (nSPS) is 27.1. The van der Waals surface area contributed by atoms with E-state index < -0.39 is 63.1 Å². The Labute approximate surface area is 358 Å². The van der Waals surface area contributed by atoms with Gasteiger partial charge in [0.2, 0.25) is 0 Å². The van der Waals surface area contributed by atoms with Gasteiger partial charge in [0.05, 0.1) is 0 Å². The maximum absolute atomic E-state index is 13.4. The van der Waals surface area contributed by atoms with Crippen LogP contribution in [-0.2, 0) is 39.4 Å². The molecule has 60 heavy (non-hydrogen) atoms. The molecule has 0 bridgehead atoms. The van der Waals surface area contributed by atoms with Crippen LogP contribution < -0.4 is 10.4 Å². The van der Waals surface area contributed by atoms with Gasteiger partial charge < -0.3 is 0 Å². The van der Waals surface area contributed by atoms with E-state index >= 15 is 0 Å². The summed E-state index contributed by atoms with van der Waals surface area (Å²) in [6, 6.07) is 38.7. The summed E-state index contributed by atoms with van der Waals surface area (Å²) in [6.45, 7) is 14.9. The van der Waals surface area contributed by atoms with E-state index in [9.17, 15) is 15.0 Å². The van der Waals surface area contributed by atoms with Crippen molar-refractivity contribution in [2.75, 3.05) is 13.2 Å². The van der Waals surface area contributed by atoms with Crippen LogP contribution in [0.4, 0.5) is 0 Å². The molecule has 2 aliphatic heterocycles. The van der Waals surface area contributed by atoms with Gasteiger partial charge in [0, 0.05) is 0 Å². The van der Waals surface area contributed by atoms with Crippen LogP contribution in [0.3, 0.4) is 0 Å². The molecule has 2 heterocycles. The monoisotopic (exact) mass is 846 g/mol. The van der Waals surface area contributed by atoms with E-state index in [0.717, 1.165) is 23.0 Å². The predicted octanol–water partition coefficient (Wildman–Crippen LogP) is 7.48. The summed E-state index contributed by atoms with van der Waals surface area (Å²) >= 11 is 0. The van der Waals surface area contributed by atoms with Crippen molar-refractivity contribution in [3.63, 3.8) is 0 Å². The van der Waals surface area contributed by atoms with Crippen LogP contribution in [-0.4, -0.2) is 89.9 Å². The van der Waals surface area contributed by atoms with Gasteiger partial charge in [-0.2, -0.15) is 0 Å². The Morgan fingerprint density at radius 2 is 1.38 bits per heavy atom. The van der Waals surface area contributed by atoms with Crippen LogP contribution in [0.1, 0.15) is 57.5 Å². The number of hydrogen-bond donors (Lipinski definition) is 0. The van der Waals surface area contributed by atoms with Gasteiger partial charge in [0.25, 0.3) is 0 Å². The van der Waals surface area contributed by atoms with Crippen LogP contribution in [0.5, 0.6) is 0 Å². The number of benzene rings is 4. The molecule has 0 N–H and O–H groups in total. The van der Waals surface area contributed by atoms with Crippen molar-refractivity contribution in [3.05, 3.63) is 143 Å². The van der Waals surface area contributed by atoms with Gasteiger partial charge in [-0.15, -0.1) is 0 Å². The molecule has 2 aliphatic rings. The molecule has 313 valence electrons. The number of hydrogen-bond acceptors (Lipinski definition) is 9. The molecule has 6 rings (SSSR count). The molecule has 4 aromatic carbocycles. The molecule has 0 spiro atoms. The minimum Gasteiger partial charge on any atom is -0.0622 e. The molecule has 4 aromatic rings. The minimum atomic E-state index is -2.98. The summed E-state index contributed by atoms with van der Waals surface area (Å²) < 4.78 is 52.2. The van der Waals surface area contributed by atoms with E-state index in [-0.39, 0.29) is 38.3 Å². The Morgan fingerprint density at radius 1 is 0.800 bits per heavy atom. The first kappa shape index (κ1) is 45.6. The minimum absolute atomic E-state index is 0.0179. The van der Waals surface area contributed by atoms with Gasteiger partial charge in [0.15, 0.2) is 0 Å². The number of rotatable bonds is 17. The molecule has 0 saturated carbocycles. The predicted molar refractivity (Wildman–Crippen MR) is 239 cm³/mol. The van der Waals surface area contributed by atoms with E-state index in [1.807, 2.05) is 86.6 Å². The molecule has 0 aliphatic carbocycles. The standard InChI is InChI=1S/C45H55B2N3O8PSi/c1-30-37(29-54-60(45(4,5)6,35-23-15-9-16-24-35)36-25-17-10-18-26-36)56-44(39(49-50-48)42(30)59-47-46-52)58-41-31(2)40(57-43(51)34-21-13-8-14-22-34)32(3)55-38(41)28-53-27-33-19-11-7-12-20-33/h7-26,30-32,37-42,44,59H,27-29H2,1-6H3/t30-,31-,32+,37?,38?,39?,40?,41+,42+,44+/m1/s1. The zero-order valence-corrected chi connectivity index (χ0v) is 37.2. The second-order valence-electron chi connectivity index (χ2n) is 16.6. The van der Waals surface area contributed by atoms with E-state index in [2.05, 4.69) is 62.0 Å². The summed E-state index contributed by atoms with van der Waals surface area (Å²) in [4.78, 5) is 16.7. The fourth-order valence-corrected chi connectivity index (χ4v) is 14.5. The van der Waals surface area contributed by atoms with E-state index in [1.165, 1.54) is 0 Å². The van der Waals surface area contributed by atoms with Gasteiger partial charge in [-0.05, 0) is 12.1 Å². The third-order valence-corrected chi connectivity index (χ3v) is 18.3. The smallest absolute Gasteiger partial charge is 0.0622 e. The van der Waals surface area contributed by atoms with Gasteiger partial charge in [0.1, 0.15) is 0 Å². The topological polar surface area (TPSA) is 138 Å². The third-order valence-electron chi connectivity index (χ3n) is 11.7. The molecule has 0 aromatic heterocycles. The fourth-order valence-electron chi connectivity index (χ4n) is 8.67. The van der Waals surface area contributed by atoms with Crippen LogP contribution in [0.2, 0.25) is 5.04 Å². The van der Waals surface area contributed by atoms with E-state index in [0.29, 0.717) is 12.2 Å². The van der Waals surface area contributed by atoms with Crippen LogP contribution in [0, 0.1) is 11.8 Å². The Kier molecular flexibility index (Phi) is 16.1. The Balaban J connectivity index is 1.33. The third kappa shape index (κ3) is 10.5. The van der Waals surface area contributed by atoms with Crippen molar-refractivity contribution < 1.29 is 37.6 Å². The Morgan fingerprint density at radius 3 is 1.95 bits per heavy atom. The number of carbonyl (C=O) groups excluding carboxylic acids is 1. The van der Waals surface area contributed by atoms with Crippen molar-refractivity contribution in [1.82, 2.24) is 0 Å². The summed E-state index contributed by atoms with van der Waals surface area (Å²) in [5.41, 5.74) is 11.1. The first-order chi connectivity index (χ1) is 29.0. The molecule has 11 atom stereocenters. The Hall–Kier alpha value is -3.96. The fraction of sp³-hybridized carbons (Fsp3) is 0.444. The van der Waals surface area contributed by atoms with Gasteiger partial charge >= 0.3 is 299 Å². The number of esters is 1. The van der Waals surface area contributed by atoms with Crippen molar-refractivity contribution in [2.24, 2.45) is 17.0 Å². The SMILES string of the molecule is C[C@@H]1OC(COCc2ccccc2)[C@@H](O[C@@H]2OC(CO[Si](c3ccccc3)(c3ccccc3)C(C)(C)C)[C@@H](C)[C@H](P[B]B=O)C2N=[N+]=[N-])[C@H](C)C1OC(=O)c1ccccc1. The van der Waals surface area contributed by atoms with Crippen LogP contribution in [0.15, 0.2) is 126 Å². The van der Waals surface area contributed by atoms with Crippen LogP contribution in [0.25, 0.3) is 10.4 Å². The van der Waals surface area contributed by atoms with Crippen molar-refractivity contribution >= 4 is 47.0 Å². The first-order valence-electron chi connectivity index (χ1n) is 20.6. The number of azide groups is 1. The van der Waals surface area contributed by atoms with E-state index in [4.69, 9.17) is 28.1 Å². The molecule has 2 fully saturated rings. The number of nitrogens with zero attached hydrogens (tertiary/aromatic N) is 3.